The zero-order valence-corrected chi connectivity index (χ0v) is 80.1. The average Bonchev–Trinajstić information content (AvgIpc) is 0.743. The van der Waals surface area contributed by atoms with E-state index in [0.717, 1.165) is 179 Å². The summed E-state index contributed by atoms with van der Waals surface area (Å²) in [5, 5.41) is 12.2. The zero-order chi connectivity index (χ0) is 97.0. The maximum atomic E-state index is 6.39. The van der Waals surface area contributed by atoms with Crippen molar-refractivity contribution in [1.82, 2.24) is 59.8 Å². The van der Waals surface area contributed by atoms with Crippen LogP contribution in [0.25, 0.3) is 199 Å². The van der Waals surface area contributed by atoms with Crippen molar-refractivity contribution in [2.24, 2.45) is 0 Å². The molecule has 0 fully saturated rings. The van der Waals surface area contributed by atoms with Crippen molar-refractivity contribution < 1.29 is 37.9 Å². The highest BCUT2D eigenvalue weighted by atomic mass is 16.7. The SMILES string of the molecule is CC.CCC.Cc1cccc2ccc(-c3ccc4cccc(C)c4n3)nc12.Cc1cccc2ccc(-c3ccc4cccc(OCOc5cccc6cc7c(nc56)-c5nc6c(OCOc8cccc9ccc(-c%10ccc%11cccc(C)c%11n%10)nc89)cccc6cc5CC7)c4n3)nc12.c1cc2c3nc(ccc3c1)-c1ccc3cccc(c3n1)OCOc1cccc3ccc(nc13)-c1ccc3cccc(c3n1)OCO2. The van der Waals surface area contributed by atoms with Crippen LogP contribution in [-0.4, -0.2) is 87.0 Å². The molecule has 12 aromatic carbocycles. The minimum absolute atomic E-state index is 0.0279. The first kappa shape index (κ1) is 90.1. The summed E-state index contributed by atoms with van der Waals surface area (Å²) < 4.78 is 50.1. The van der Waals surface area contributed by atoms with Gasteiger partial charge in [-0.15, -0.1) is 0 Å². The smallest absolute Gasteiger partial charge is 0.231 e. The van der Waals surface area contributed by atoms with Crippen molar-refractivity contribution >= 4 is 131 Å². The van der Waals surface area contributed by atoms with Crippen LogP contribution in [0.5, 0.6) is 46.0 Å². The molecule has 696 valence electrons. The summed E-state index contributed by atoms with van der Waals surface area (Å²) in [6.07, 6.45) is 2.94. The largest absolute Gasteiger partial charge is 0.455 e. The zero-order valence-electron chi connectivity index (χ0n) is 80.1. The number of fused-ring (bicyclic) bond motifs is 17. The number of nitrogens with zero attached hydrogens (tertiary/aromatic N) is 12. The number of rotatable bonds is 11. The number of aryl methyl sites for hydroxylation is 6. The molecule has 26 rings (SSSR count). The van der Waals surface area contributed by atoms with Gasteiger partial charge in [0.25, 0.3) is 0 Å². The Labute approximate surface area is 824 Å². The molecule has 0 amide bonds. The fourth-order valence-electron chi connectivity index (χ4n) is 18.4. The first-order valence-corrected chi connectivity index (χ1v) is 48.1. The van der Waals surface area contributed by atoms with Gasteiger partial charge in [-0.3, -0.25) is 0 Å². The molecule has 0 atom stereocenters. The molecule has 0 N–H and O–H groups in total. The lowest BCUT2D eigenvalue weighted by Gasteiger charge is -2.21. The van der Waals surface area contributed by atoms with E-state index in [2.05, 4.69) is 175 Å². The van der Waals surface area contributed by atoms with E-state index in [-0.39, 0.29) is 27.2 Å². The molecule has 20 heteroatoms. The van der Waals surface area contributed by atoms with Crippen molar-refractivity contribution in [3.05, 3.63) is 385 Å². The number of para-hydroxylation sites is 12. The molecule has 24 aromatic rings. The Bertz CT molecular complexity index is 8390. The van der Waals surface area contributed by atoms with E-state index in [4.69, 9.17) is 97.7 Å². The fourth-order valence-corrected chi connectivity index (χ4v) is 18.4. The van der Waals surface area contributed by atoms with Gasteiger partial charge in [0.1, 0.15) is 90.1 Å². The van der Waals surface area contributed by atoms with Crippen LogP contribution >= 0.6 is 0 Å². The molecule has 0 radical (unpaired) electrons. The molecule has 2 aliphatic rings. The van der Waals surface area contributed by atoms with Gasteiger partial charge < -0.3 is 37.9 Å². The second kappa shape index (κ2) is 39.8. The summed E-state index contributed by atoms with van der Waals surface area (Å²) in [5.74, 6) is 4.87. The van der Waals surface area contributed by atoms with E-state index < -0.39 is 0 Å². The second-order valence-electron chi connectivity index (χ2n) is 35.0. The average molecular weight is 1870 g/mol. The van der Waals surface area contributed by atoms with E-state index >= 15 is 0 Å². The number of hydrogen-bond donors (Lipinski definition) is 0. The fraction of sp³-hybridized carbons (Fsp3) is 0.122. The molecule has 0 unspecified atom stereocenters. The molecule has 20 nitrogen and oxygen atoms in total. The summed E-state index contributed by atoms with van der Waals surface area (Å²) in [5.41, 5.74) is 26.2. The summed E-state index contributed by atoms with van der Waals surface area (Å²) in [7, 11) is 0. The first-order chi connectivity index (χ1) is 70.4. The predicted octanol–water partition coefficient (Wildman–Crippen LogP) is 29.4. The Morgan fingerprint density at radius 3 is 0.622 bits per heavy atom. The lowest BCUT2D eigenvalue weighted by Crippen LogP contribution is -2.10. The van der Waals surface area contributed by atoms with Gasteiger partial charge in [-0.05, 0) is 195 Å². The summed E-state index contributed by atoms with van der Waals surface area (Å²) in [6.45, 7) is 16.4. The van der Waals surface area contributed by atoms with Crippen molar-refractivity contribution in [3.63, 3.8) is 0 Å². The maximum absolute atomic E-state index is 6.39. The van der Waals surface area contributed by atoms with Crippen LogP contribution in [-0.2, 0) is 12.8 Å². The van der Waals surface area contributed by atoms with Gasteiger partial charge in [-0.25, -0.2) is 59.8 Å². The highest BCUT2D eigenvalue weighted by molar-refractivity contribution is 5.97. The van der Waals surface area contributed by atoms with Crippen LogP contribution in [0, 0.1) is 27.7 Å². The predicted molar refractivity (Wildman–Crippen MR) is 573 cm³/mol. The third kappa shape index (κ3) is 18.4. The maximum Gasteiger partial charge on any atom is 0.231 e. The topological polar surface area (TPSA) is 229 Å². The Kier molecular flexibility index (Phi) is 25.1. The van der Waals surface area contributed by atoms with Crippen LogP contribution in [0.4, 0.5) is 0 Å². The molecule has 1 aliphatic carbocycles. The van der Waals surface area contributed by atoms with Crippen LogP contribution in [0.1, 0.15) is 67.5 Å². The number of ether oxygens (including phenoxy) is 8. The molecular formula is C123H96N12O8. The highest BCUT2D eigenvalue weighted by Gasteiger charge is 2.25. The van der Waals surface area contributed by atoms with E-state index in [1.54, 1.807) is 0 Å². The Morgan fingerprint density at radius 1 is 0.203 bits per heavy atom. The molecule has 12 aromatic heterocycles. The summed E-state index contributed by atoms with van der Waals surface area (Å²) in [6, 6.07) is 117. The molecule has 0 saturated carbocycles. The van der Waals surface area contributed by atoms with E-state index in [1.165, 1.54) is 28.3 Å². The molecule has 1 aliphatic heterocycles. The van der Waals surface area contributed by atoms with Crippen molar-refractivity contribution in [2.75, 3.05) is 27.2 Å². The van der Waals surface area contributed by atoms with Crippen LogP contribution in [0.2, 0.25) is 0 Å². The van der Waals surface area contributed by atoms with Crippen molar-refractivity contribution in [1.29, 1.82) is 0 Å². The number of pyridine rings is 12. The number of aromatic nitrogens is 12. The minimum atomic E-state index is -0.0457. The van der Waals surface area contributed by atoms with Gasteiger partial charge in [0.2, 0.25) is 27.2 Å². The molecule has 8 bridgehead atoms. The molecule has 13 heterocycles. The second-order valence-corrected chi connectivity index (χ2v) is 35.0. The number of hydrogen-bond acceptors (Lipinski definition) is 20. The normalized spacial score (nSPS) is 12.0. The summed E-state index contributed by atoms with van der Waals surface area (Å²) >= 11 is 0. The van der Waals surface area contributed by atoms with Gasteiger partial charge in [0.15, 0.2) is 0 Å². The van der Waals surface area contributed by atoms with E-state index in [0.29, 0.717) is 90.8 Å². The number of benzene rings is 12. The van der Waals surface area contributed by atoms with E-state index in [1.807, 2.05) is 232 Å². The van der Waals surface area contributed by atoms with Gasteiger partial charge in [0.05, 0.1) is 90.4 Å². The third-order valence-corrected chi connectivity index (χ3v) is 25.5. The van der Waals surface area contributed by atoms with Crippen molar-refractivity contribution in [3.8, 4) is 114 Å². The lowest BCUT2D eigenvalue weighted by atomic mass is 9.90. The molecule has 0 spiro atoms. The minimum Gasteiger partial charge on any atom is -0.455 e. The standard InChI is InChI=1S/C60H42N6O4.C38H24N4O4.C20H16N2.C3H8.C2H6/c1-35-9-3-11-37-23-27-45(61-53(35)37)47-29-25-39-13-5-17-49(55(39)63-47)67-33-69-51-19-7-15-41-31-43-21-22-44-32-42-16-8-20-52(58(42)66-60(44)59(43)65-57(41)51)70-34-68-50-18-6-14-40-26-30-48(64-56(40)50)46-28-24-38-12-4-10-36(2)54(38)62-46;1-5-23-13-17-27-28-18-14-25-7-3-11-33(37(25)40-28)45-22-46-34-12-4-8-26-16-20-30(42-38(26)34)29-19-15-24-6-2-10-32(36(24)41-29)44-21-43-31(9-1)35(23)39-27;1-13-5-3-7-15-9-11-17(21-19(13)15)18-12-10-16-8-4-6-14(2)20(16)22-18;1-3-2;1-2/h3-20,23-32H,21-22,33-34H2,1-2H3;1-20H,21-22H2;3-12H,1-2H3;3H2,1-2H3;1-2H3. The summed E-state index contributed by atoms with van der Waals surface area (Å²) in [4.78, 5) is 60.1. The van der Waals surface area contributed by atoms with Crippen molar-refractivity contribution in [2.45, 2.75) is 74.7 Å². The Morgan fingerprint density at radius 2 is 0.385 bits per heavy atom. The van der Waals surface area contributed by atoms with Gasteiger partial charge in [0, 0.05) is 64.6 Å². The van der Waals surface area contributed by atoms with E-state index in [9.17, 15) is 0 Å². The van der Waals surface area contributed by atoms with Gasteiger partial charge in [-0.2, -0.15) is 0 Å². The van der Waals surface area contributed by atoms with Crippen LogP contribution in [0.3, 0.4) is 0 Å². The van der Waals surface area contributed by atoms with Crippen LogP contribution in [0.15, 0.2) is 352 Å². The van der Waals surface area contributed by atoms with Crippen LogP contribution < -0.4 is 37.9 Å². The van der Waals surface area contributed by atoms with Gasteiger partial charge >= 0.3 is 0 Å². The van der Waals surface area contributed by atoms with Gasteiger partial charge in [-0.1, -0.05) is 265 Å². The Hall–Kier alpha value is -18.0. The Balaban J connectivity index is 0.000000136. The molecule has 0 saturated heterocycles. The highest BCUT2D eigenvalue weighted by Crippen LogP contribution is 2.42. The molecule has 143 heavy (non-hydrogen) atoms. The third-order valence-electron chi connectivity index (χ3n) is 25.5. The first-order valence-electron chi connectivity index (χ1n) is 48.1. The monoisotopic (exact) mass is 1870 g/mol. The molecular weight excluding hydrogens is 1770 g/mol. The quantitative estimate of drug-likeness (QED) is 0.110. The lowest BCUT2D eigenvalue weighted by molar-refractivity contribution is 0.122.